The second-order valence-electron chi connectivity index (χ2n) is 6.08. The smallest absolute Gasteiger partial charge is 0.252 e. The van der Waals surface area contributed by atoms with Gasteiger partial charge in [-0.15, -0.1) is 23.7 Å². The Hall–Kier alpha value is -1.80. The molecule has 0 aliphatic carbocycles. The Labute approximate surface area is 172 Å². The maximum atomic E-state index is 14.0. The molecule has 27 heavy (non-hydrogen) atoms. The molecule has 0 bridgehead atoms. The molecular formula is C19H21ClFN3OS2. The number of hydrogen-bond donors (Lipinski definition) is 0. The lowest BCUT2D eigenvalue weighted by Gasteiger charge is -2.19. The standard InChI is InChI=1S/C19H20FN3OS2.ClH/c1-22(2)11-5-12-23(17(24)10-9-14-6-4-13-25-14)19-21-18-15(20)7-3-8-16(18)26-19;/h3-4,6-10,13H,5,11-12H2,1-2H3;1H/b10-9+;. The summed E-state index contributed by atoms with van der Waals surface area (Å²) in [6.45, 7) is 1.39. The summed E-state index contributed by atoms with van der Waals surface area (Å²) < 4.78 is 14.7. The molecule has 0 atom stereocenters. The van der Waals surface area contributed by atoms with E-state index in [-0.39, 0.29) is 24.1 Å². The highest BCUT2D eigenvalue weighted by Crippen LogP contribution is 2.30. The van der Waals surface area contributed by atoms with Crippen molar-refractivity contribution in [3.8, 4) is 0 Å². The SMILES string of the molecule is CN(C)CCCN(C(=O)/C=C/c1cccs1)c1nc2c(F)cccc2s1.Cl. The molecule has 0 aliphatic rings. The summed E-state index contributed by atoms with van der Waals surface area (Å²) in [6, 6.07) is 8.77. The van der Waals surface area contributed by atoms with Gasteiger partial charge in [0.15, 0.2) is 5.13 Å². The molecule has 2 heterocycles. The highest BCUT2D eigenvalue weighted by Gasteiger charge is 2.19. The Balaban J connectivity index is 0.00000261. The molecule has 0 radical (unpaired) electrons. The summed E-state index contributed by atoms with van der Waals surface area (Å²) in [6.07, 6.45) is 4.17. The van der Waals surface area contributed by atoms with Gasteiger partial charge in [0.25, 0.3) is 5.91 Å². The Bertz CT molecular complexity index is 909. The van der Waals surface area contributed by atoms with Gasteiger partial charge in [0.05, 0.1) is 4.70 Å². The van der Waals surface area contributed by atoms with Gasteiger partial charge in [0.2, 0.25) is 0 Å². The van der Waals surface area contributed by atoms with Crippen molar-refractivity contribution in [2.24, 2.45) is 0 Å². The predicted molar refractivity (Wildman–Crippen MR) is 116 cm³/mol. The van der Waals surface area contributed by atoms with Crippen LogP contribution in [0.2, 0.25) is 0 Å². The number of benzene rings is 1. The Kier molecular flexibility index (Phi) is 7.91. The van der Waals surface area contributed by atoms with E-state index in [9.17, 15) is 9.18 Å². The largest absolute Gasteiger partial charge is 0.309 e. The van der Waals surface area contributed by atoms with Crippen molar-refractivity contribution in [2.45, 2.75) is 6.42 Å². The fourth-order valence-electron chi connectivity index (χ4n) is 2.49. The van der Waals surface area contributed by atoms with Gasteiger partial charge in [-0.25, -0.2) is 9.37 Å². The molecule has 3 rings (SSSR count). The van der Waals surface area contributed by atoms with Gasteiger partial charge in [-0.05, 0) is 56.7 Å². The number of anilines is 1. The quantitative estimate of drug-likeness (QED) is 0.504. The van der Waals surface area contributed by atoms with Crippen molar-refractivity contribution in [3.63, 3.8) is 0 Å². The summed E-state index contributed by atoms with van der Waals surface area (Å²) in [4.78, 5) is 21.9. The van der Waals surface area contributed by atoms with Crippen LogP contribution < -0.4 is 4.90 Å². The summed E-state index contributed by atoms with van der Waals surface area (Å²) in [7, 11) is 3.99. The van der Waals surface area contributed by atoms with Crippen molar-refractivity contribution in [1.29, 1.82) is 0 Å². The van der Waals surface area contributed by atoms with Gasteiger partial charge in [-0.3, -0.25) is 9.69 Å². The summed E-state index contributed by atoms with van der Waals surface area (Å²) in [5.41, 5.74) is 0.320. The lowest BCUT2D eigenvalue weighted by atomic mass is 10.3. The van der Waals surface area contributed by atoms with Gasteiger partial charge in [-0.1, -0.05) is 23.5 Å². The Morgan fingerprint density at radius 3 is 2.70 bits per heavy atom. The third-order valence-electron chi connectivity index (χ3n) is 3.78. The number of halogens is 2. The highest BCUT2D eigenvalue weighted by atomic mass is 35.5. The molecule has 0 N–H and O–H groups in total. The van der Waals surface area contributed by atoms with Crippen LogP contribution in [0.5, 0.6) is 0 Å². The second-order valence-corrected chi connectivity index (χ2v) is 8.07. The van der Waals surface area contributed by atoms with Crippen LogP contribution in [0.1, 0.15) is 11.3 Å². The van der Waals surface area contributed by atoms with Crippen LogP contribution in [-0.4, -0.2) is 43.0 Å². The Morgan fingerprint density at radius 1 is 1.22 bits per heavy atom. The molecular weight excluding hydrogens is 405 g/mol. The molecule has 0 unspecified atom stereocenters. The van der Waals surface area contributed by atoms with E-state index in [4.69, 9.17) is 0 Å². The fraction of sp³-hybridized carbons (Fsp3) is 0.263. The predicted octanol–water partition coefficient (Wildman–Crippen LogP) is 4.92. The zero-order chi connectivity index (χ0) is 18.5. The molecule has 0 saturated heterocycles. The van der Waals surface area contributed by atoms with Gasteiger partial charge in [0.1, 0.15) is 11.3 Å². The number of carbonyl (C=O) groups is 1. The summed E-state index contributed by atoms with van der Waals surface area (Å²) in [5.74, 6) is -0.503. The number of para-hydroxylation sites is 1. The number of rotatable bonds is 7. The van der Waals surface area contributed by atoms with E-state index in [2.05, 4.69) is 9.88 Å². The van der Waals surface area contributed by atoms with Crippen molar-refractivity contribution in [2.75, 3.05) is 32.1 Å². The number of amides is 1. The lowest BCUT2D eigenvalue weighted by Crippen LogP contribution is -2.32. The topological polar surface area (TPSA) is 36.4 Å². The monoisotopic (exact) mass is 425 g/mol. The molecule has 8 heteroatoms. The van der Waals surface area contributed by atoms with E-state index in [1.807, 2.05) is 37.7 Å². The van der Waals surface area contributed by atoms with Gasteiger partial charge >= 0.3 is 0 Å². The van der Waals surface area contributed by atoms with E-state index in [0.29, 0.717) is 17.2 Å². The van der Waals surface area contributed by atoms with E-state index < -0.39 is 0 Å². The molecule has 3 aromatic rings. The third kappa shape index (κ3) is 5.59. The van der Waals surface area contributed by atoms with Crippen LogP contribution in [0.4, 0.5) is 9.52 Å². The summed E-state index contributed by atoms with van der Waals surface area (Å²) >= 11 is 2.91. The average molecular weight is 426 g/mol. The Morgan fingerprint density at radius 2 is 2.04 bits per heavy atom. The molecule has 0 saturated carbocycles. The molecule has 1 amide bonds. The zero-order valence-electron chi connectivity index (χ0n) is 15.1. The highest BCUT2D eigenvalue weighted by molar-refractivity contribution is 7.22. The minimum absolute atomic E-state index is 0. The first-order chi connectivity index (χ1) is 12.5. The van der Waals surface area contributed by atoms with E-state index in [1.54, 1.807) is 34.5 Å². The lowest BCUT2D eigenvalue weighted by molar-refractivity contribution is -0.114. The molecule has 1 aromatic carbocycles. The number of nitrogens with zero attached hydrogens (tertiary/aromatic N) is 3. The first-order valence-corrected chi connectivity index (χ1v) is 9.97. The van der Waals surface area contributed by atoms with Crippen LogP contribution in [0.3, 0.4) is 0 Å². The summed E-state index contributed by atoms with van der Waals surface area (Å²) in [5, 5.41) is 2.50. The number of carbonyl (C=O) groups excluding carboxylic acids is 1. The normalized spacial score (nSPS) is 11.3. The first kappa shape index (κ1) is 21.5. The minimum Gasteiger partial charge on any atom is -0.309 e. The zero-order valence-corrected chi connectivity index (χ0v) is 17.5. The average Bonchev–Trinajstić information content (AvgIpc) is 3.26. The first-order valence-electron chi connectivity index (χ1n) is 8.27. The van der Waals surface area contributed by atoms with Gasteiger partial charge in [0, 0.05) is 17.5 Å². The number of thiazole rings is 1. The van der Waals surface area contributed by atoms with E-state index >= 15 is 0 Å². The van der Waals surface area contributed by atoms with Crippen LogP contribution in [0, 0.1) is 5.82 Å². The molecule has 0 fully saturated rings. The van der Waals surface area contributed by atoms with Crippen LogP contribution in [-0.2, 0) is 4.79 Å². The number of aromatic nitrogens is 1. The maximum Gasteiger partial charge on any atom is 0.252 e. The minimum atomic E-state index is -0.361. The molecule has 0 aliphatic heterocycles. The van der Waals surface area contributed by atoms with Crippen LogP contribution in [0.15, 0.2) is 41.8 Å². The van der Waals surface area contributed by atoms with Crippen molar-refractivity contribution < 1.29 is 9.18 Å². The molecule has 4 nitrogen and oxygen atoms in total. The van der Waals surface area contributed by atoms with Crippen LogP contribution >= 0.6 is 35.1 Å². The number of fused-ring (bicyclic) bond motifs is 1. The fourth-order valence-corrected chi connectivity index (χ4v) is 4.12. The van der Waals surface area contributed by atoms with Crippen LogP contribution in [0.25, 0.3) is 16.3 Å². The number of hydrogen-bond acceptors (Lipinski definition) is 5. The molecule has 144 valence electrons. The van der Waals surface area contributed by atoms with E-state index in [1.165, 1.54) is 17.4 Å². The van der Waals surface area contributed by atoms with Crippen molar-refractivity contribution >= 4 is 62.4 Å². The molecule has 0 spiro atoms. The second kappa shape index (κ2) is 9.94. The third-order valence-corrected chi connectivity index (χ3v) is 5.66. The van der Waals surface area contributed by atoms with Crippen molar-refractivity contribution in [1.82, 2.24) is 9.88 Å². The van der Waals surface area contributed by atoms with Gasteiger partial charge in [-0.2, -0.15) is 0 Å². The number of thiophene rings is 1. The molecule has 2 aromatic heterocycles. The van der Waals surface area contributed by atoms with Crippen molar-refractivity contribution in [3.05, 3.63) is 52.5 Å². The maximum absolute atomic E-state index is 14.0. The van der Waals surface area contributed by atoms with E-state index in [0.717, 1.165) is 22.5 Å². The van der Waals surface area contributed by atoms with Gasteiger partial charge < -0.3 is 4.90 Å².